The zero-order valence-electron chi connectivity index (χ0n) is 17.9. The van der Waals surface area contributed by atoms with Gasteiger partial charge in [0, 0.05) is 30.5 Å². The lowest BCUT2D eigenvalue weighted by atomic mass is 9.98. The number of ether oxygens (including phenoxy) is 1. The van der Waals surface area contributed by atoms with Crippen LogP contribution in [0.4, 0.5) is 0 Å². The van der Waals surface area contributed by atoms with E-state index in [1.165, 1.54) is 0 Å². The van der Waals surface area contributed by atoms with Crippen LogP contribution in [0.25, 0.3) is 11.0 Å². The Morgan fingerprint density at radius 1 is 1.07 bits per heavy atom. The average molecular weight is 410 g/mol. The van der Waals surface area contributed by atoms with Gasteiger partial charge < -0.3 is 19.2 Å². The average Bonchev–Trinajstić information content (AvgIpc) is 3.13. The number of para-hydroxylation sites is 1. The molecule has 3 aromatic rings. The summed E-state index contributed by atoms with van der Waals surface area (Å²) in [5, 5.41) is 9.80. The summed E-state index contributed by atoms with van der Waals surface area (Å²) < 4.78 is 11.8. The van der Waals surface area contributed by atoms with Gasteiger partial charge >= 0.3 is 0 Å². The fourth-order valence-electron chi connectivity index (χ4n) is 3.51. The van der Waals surface area contributed by atoms with E-state index in [9.17, 15) is 4.79 Å². The maximum atomic E-state index is 13.3. The smallest absolute Gasteiger partial charge is 0.197 e. The van der Waals surface area contributed by atoms with Crippen molar-refractivity contribution in [2.45, 2.75) is 32.6 Å². The van der Waals surface area contributed by atoms with Crippen LogP contribution >= 0.6 is 0 Å². The Morgan fingerprint density at radius 2 is 1.83 bits per heavy atom. The van der Waals surface area contributed by atoms with E-state index in [0.29, 0.717) is 24.3 Å². The van der Waals surface area contributed by atoms with Crippen molar-refractivity contribution in [3.8, 4) is 5.75 Å². The zero-order valence-corrected chi connectivity index (χ0v) is 17.9. The van der Waals surface area contributed by atoms with Gasteiger partial charge in [-0.3, -0.25) is 4.79 Å². The zero-order chi connectivity index (χ0) is 21.3. The lowest BCUT2D eigenvalue weighted by molar-refractivity contribution is 0.103. The number of benzene rings is 2. The van der Waals surface area contributed by atoms with Gasteiger partial charge in [0.15, 0.2) is 5.78 Å². The molecule has 0 atom stereocenters. The maximum absolute atomic E-state index is 13.3. The topological polar surface area (TPSA) is 62.9 Å². The Bertz CT molecular complexity index is 945. The number of aliphatic hydroxyl groups is 1. The van der Waals surface area contributed by atoms with Crippen molar-refractivity contribution in [2.75, 3.05) is 33.4 Å². The molecule has 0 bridgehead atoms. The third kappa shape index (κ3) is 5.49. The number of aryl methyl sites for hydroxylation is 1. The number of likely N-dealkylation sites (N-methyl/N-ethyl adjacent to an activating group) is 1. The summed E-state index contributed by atoms with van der Waals surface area (Å²) in [4.78, 5) is 15.4. The summed E-state index contributed by atoms with van der Waals surface area (Å²) in [6, 6.07) is 15.1. The second-order valence-electron chi connectivity index (χ2n) is 7.58. The number of unbranched alkanes of at least 4 members (excludes halogenated alkanes) is 1. The van der Waals surface area contributed by atoms with Gasteiger partial charge in [-0.15, -0.1) is 0 Å². The molecule has 0 saturated carbocycles. The molecular formula is C25H31NO4. The van der Waals surface area contributed by atoms with Crippen LogP contribution in [0.2, 0.25) is 0 Å². The van der Waals surface area contributed by atoms with Crippen LogP contribution in [-0.4, -0.2) is 49.1 Å². The lowest BCUT2D eigenvalue weighted by Gasteiger charge is -2.15. The molecule has 5 heteroatoms. The summed E-state index contributed by atoms with van der Waals surface area (Å²) in [5.74, 6) is 1.51. The standard InChI is InChI=1S/C25H31NO4/c1-3-4-9-23-24(21-8-5-6-10-22(21)30-23)25(28)19-11-13-20(14-12-19)29-18-7-15-26(2)16-17-27/h5-6,8,10-14,27H,3-4,7,9,15-18H2,1-2H3. The number of fused-ring (bicyclic) bond motifs is 1. The third-order valence-corrected chi connectivity index (χ3v) is 5.20. The highest BCUT2D eigenvalue weighted by Crippen LogP contribution is 2.29. The summed E-state index contributed by atoms with van der Waals surface area (Å²) in [5.41, 5.74) is 2.08. The summed E-state index contributed by atoms with van der Waals surface area (Å²) in [6.45, 7) is 4.42. The number of carbonyl (C=O) groups excluding carboxylic acids is 1. The van der Waals surface area contributed by atoms with E-state index >= 15 is 0 Å². The van der Waals surface area contributed by atoms with Crippen LogP contribution in [0.1, 0.15) is 47.9 Å². The minimum Gasteiger partial charge on any atom is -0.494 e. The van der Waals surface area contributed by atoms with Crippen LogP contribution in [-0.2, 0) is 6.42 Å². The predicted octanol–water partition coefficient (Wildman–Crippen LogP) is 4.70. The van der Waals surface area contributed by atoms with Crippen molar-refractivity contribution in [1.29, 1.82) is 0 Å². The molecule has 3 rings (SSSR count). The van der Waals surface area contributed by atoms with Crippen molar-refractivity contribution >= 4 is 16.8 Å². The van der Waals surface area contributed by atoms with E-state index in [2.05, 4.69) is 11.8 Å². The van der Waals surface area contributed by atoms with Gasteiger partial charge in [-0.2, -0.15) is 0 Å². The van der Waals surface area contributed by atoms with Crippen LogP contribution in [0.5, 0.6) is 5.75 Å². The summed E-state index contributed by atoms with van der Waals surface area (Å²) in [7, 11) is 1.98. The number of nitrogens with zero attached hydrogens (tertiary/aromatic N) is 1. The number of hydrogen-bond donors (Lipinski definition) is 1. The van der Waals surface area contributed by atoms with Gasteiger partial charge in [-0.1, -0.05) is 31.5 Å². The van der Waals surface area contributed by atoms with Crippen LogP contribution in [0.3, 0.4) is 0 Å². The van der Waals surface area contributed by atoms with Crippen LogP contribution < -0.4 is 4.74 Å². The Morgan fingerprint density at radius 3 is 2.57 bits per heavy atom. The van der Waals surface area contributed by atoms with E-state index in [4.69, 9.17) is 14.3 Å². The van der Waals surface area contributed by atoms with Gasteiger partial charge in [0.05, 0.1) is 18.8 Å². The first-order valence-electron chi connectivity index (χ1n) is 10.7. The quantitative estimate of drug-likeness (QED) is 0.347. The Labute approximate surface area is 178 Å². The molecule has 0 spiro atoms. The summed E-state index contributed by atoms with van der Waals surface area (Å²) in [6.07, 6.45) is 3.67. The molecule has 0 aliphatic heterocycles. The molecule has 5 nitrogen and oxygen atoms in total. The molecule has 0 aliphatic rings. The highest BCUT2D eigenvalue weighted by atomic mass is 16.5. The lowest BCUT2D eigenvalue weighted by Crippen LogP contribution is -2.24. The molecule has 30 heavy (non-hydrogen) atoms. The molecule has 0 aliphatic carbocycles. The van der Waals surface area contributed by atoms with E-state index in [-0.39, 0.29) is 12.4 Å². The monoisotopic (exact) mass is 409 g/mol. The molecule has 160 valence electrons. The molecule has 0 amide bonds. The first-order chi connectivity index (χ1) is 14.6. The number of hydrogen-bond acceptors (Lipinski definition) is 5. The highest BCUT2D eigenvalue weighted by Gasteiger charge is 2.21. The van der Waals surface area contributed by atoms with E-state index in [0.717, 1.165) is 54.7 Å². The molecule has 0 fully saturated rings. The van der Waals surface area contributed by atoms with Gasteiger partial charge in [-0.25, -0.2) is 0 Å². The number of furan rings is 1. The predicted molar refractivity (Wildman–Crippen MR) is 119 cm³/mol. The number of aliphatic hydroxyl groups excluding tert-OH is 1. The van der Waals surface area contributed by atoms with Crippen LogP contribution in [0.15, 0.2) is 52.9 Å². The van der Waals surface area contributed by atoms with Crippen molar-refractivity contribution in [3.05, 3.63) is 65.4 Å². The largest absolute Gasteiger partial charge is 0.494 e. The normalized spacial score (nSPS) is 11.3. The van der Waals surface area contributed by atoms with Crippen molar-refractivity contribution in [1.82, 2.24) is 4.90 Å². The van der Waals surface area contributed by atoms with Crippen LogP contribution in [0, 0.1) is 0 Å². The Hall–Kier alpha value is -2.63. The fraction of sp³-hybridized carbons (Fsp3) is 0.400. The number of ketones is 1. The molecule has 0 saturated heterocycles. The van der Waals surface area contributed by atoms with Crippen molar-refractivity contribution in [2.24, 2.45) is 0 Å². The maximum Gasteiger partial charge on any atom is 0.197 e. The van der Waals surface area contributed by atoms with Gasteiger partial charge in [-0.05, 0) is 50.2 Å². The van der Waals surface area contributed by atoms with Crippen molar-refractivity contribution in [3.63, 3.8) is 0 Å². The third-order valence-electron chi connectivity index (χ3n) is 5.20. The molecule has 0 radical (unpaired) electrons. The first kappa shape index (κ1) is 22.1. The highest BCUT2D eigenvalue weighted by molar-refractivity contribution is 6.16. The first-order valence-corrected chi connectivity index (χ1v) is 10.7. The molecular weight excluding hydrogens is 378 g/mol. The minimum absolute atomic E-state index is 0.0109. The molecule has 1 heterocycles. The molecule has 1 aromatic heterocycles. The molecule has 0 unspecified atom stereocenters. The van der Waals surface area contributed by atoms with E-state index in [1.807, 2.05) is 55.6 Å². The van der Waals surface area contributed by atoms with Gasteiger partial charge in [0.2, 0.25) is 0 Å². The number of carbonyl (C=O) groups is 1. The Balaban J connectivity index is 1.69. The second-order valence-corrected chi connectivity index (χ2v) is 7.58. The van der Waals surface area contributed by atoms with E-state index in [1.54, 1.807) is 0 Å². The van der Waals surface area contributed by atoms with Gasteiger partial charge in [0.1, 0.15) is 17.1 Å². The fourth-order valence-corrected chi connectivity index (χ4v) is 3.51. The molecule has 1 N–H and O–H groups in total. The summed E-state index contributed by atoms with van der Waals surface area (Å²) >= 11 is 0. The Kier molecular flexibility index (Phi) is 8.05. The molecule has 2 aromatic carbocycles. The van der Waals surface area contributed by atoms with E-state index < -0.39 is 0 Å². The second kappa shape index (κ2) is 11.0. The minimum atomic E-state index is -0.0109. The van der Waals surface area contributed by atoms with Crippen molar-refractivity contribution < 1.29 is 19.1 Å². The SMILES string of the molecule is CCCCc1oc2ccccc2c1C(=O)c1ccc(OCCCN(C)CCO)cc1. The van der Waals surface area contributed by atoms with Gasteiger partial charge in [0.25, 0.3) is 0 Å². The number of rotatable bonds is 12.